The number of aldehydes is 1. The van der Waals surface area contributed by atoms with Gasteiger partial charge in [0, 0.05) is 6.10 Å². The predicted octanol–water partition coefficient (Wildman–Crippen LogP) is 0.967. The summed E-state index contributed by atoms with van der Waals surface area (Å²) >= 11 is 2.88. The standard InChI is InChI=1S/C3H8O.C2H3BrO/c1-3(2)4;3-1-2-4/h3-4H,1-2H3;2H,1H2. The zero-order chi connectivity index (χ0) is 6.99. The van der Waals surface area contributed by atoms with Crippen molar-refractivity contribution >= 4 is 22.2 Å². The molecule has 0 rings (SSSR count). The number of aliphatic hydroxyl groups is 1. The van der Waals surface area contributed by atoms with Crippen molar-refractivity contribution in [3.05, 3.63) is 0 Å². The van der Waals surface area contributed by atoms with E-state index in [2.05, 4.69) is 15.9 Å². The predicted molar refractivity (Wildman–Crippen MR) is 37.2 cm³/mol. The van der Waals surface area contributed by atoms with E-state index in [1.807, 2.05) is 0 Å². The molecule has 2 nitrogen and oxygen atoms in total. The topological polar surface area (TPSA) is 37.3 Å². The first kappa shape index (κ1) is 11.0. The molecule has 0 radical (unpaired) electrons. The molecule has 0 aromatic rings. The molecule has 0 amide bonds. The van der Waals surface area contributed by atoms with Crippen molar-refractivity contribution in [3.8, 4) is 0 Å². The molecule has 1 N–H and O–H groups in total. The van der Waals surface area contributed by atoms with E-state index in [9.17, 15) is 0 Å². The summed E-state index contributed by atoms with van der Waals surface area (Å²) in [5, 5.41) is 8.51. The second kappa shape index (κ2) is 10.2. The van der Waals surface area contributed by atoms with Crippen LogP contribution in [0.3, 0.4) is 0 Å². The summed E-state index contributed by atoms with van der Waals surface area (Å²) in [5.41, 5.74) is 0. The molecule has 0 aliphatic heterocycles. The fourth-order valence-electron chi connectivity index (χ4n) is 0. The van der Waals surface area contributed by atoms with Crippen LogP contribution < -0.4 is 0 Å². The first-order valence-corrected chi connectivity index (χ1v) is 3.45. The maximum Gasteiger partial charge on any atom is 0.130 e. The number of carbonyl (C=O) groups is 1. The third-order valence-electron chi connectivity index (χ3n) is 0.0630. The largest absolute Gasteiger partial charge is 0.394 e. The third-order valence-corrected chi connectivity index (χ3v) is 0.327. The Kier molecular flexibility index (Phi) is 14.0. The van der Waals surface area contributed by atoms with Gasteiger partial charge in [-0.3, -0.25) is 0 Å². The lowest BCUT2D eigenvalue weighted by molar-refractivity contribution is -0.105. The fourth-order valence-corrected chi connectivity index (χ4v) is 0. The van der Waals surface area contributed by atoms with Crippen molar-refractivity contribution in [2.75, 3.05) is 5.33 Å². The first-order valence-electron chi connectivity index (χ1n) is 2.32. The van der Waals surface area contributed by atoms with Gasteiger partial charge in [-0.1, -0.05) is 15.9 Å². The highest BCUT2D eigenvalue weighted by atomic mass is 79.9. The van der Waals surface area contributed by atoms with Gasteiger partial charge in [-0.15, -0.1) is 0 Å². The van der Waals surface area contributed by atoms with E-state index < -0.39 is 0 Å². The minimum absolute atomic E-state index is 0.167. The minimum atomic E-state index is -0.167. The summed E-state index contributed by atoms with van der Waals surface area (Å²) in [6.45, 7) is 3.44. The quantitative estimate of drug-likeness (QED) is 0.485. The number of carbonyl (C=O) groups excluding carboxylic acids is 1. The van der Waals surface area contributed by atoms with Crippen molar-refractivity contribution in [1.82, 2.24) is 0 Å². The third kappa shape index (κ3) is 129. The number of hydrogen-bond donors (Lipinski definition) is 1. The summed E-state index contributed by atoms with van der Waals surface area (Å²) < 4.78 is 0. The molecule has 0 bridgehead atoms. The molecule has 0 aromatic carbocycles. The van der Waals surface area contributed by atoms with Crippen LogP contribution in [0.15, 0.2) is 0 Å². The molecule has 50 valence electrons. The van der Waals surface area contributed by atoms with Crippen molar-refractivity contribution < 1.29 is 9.90 Å². The van der Waals surface area contributed by atoms with Gasteiger partial charge in [0.05, 0.1) is 5.33 Å². The number of rotatable bonds is 1. The SMILES string of the molecule is CC(C)O.O=CCBr. The zero-order valence-corrected chi connectivity index (χ0v) is 6.68. The average molecular weight is 183 g/mol. The molecule has 0 spiro atoms. The van der Waals surface area contributed by atoms with Crippen LogP contribution in [0.2, 0.25) is 0 Å². The van der Waals surface area contributed by atoms with E-state index in [4.69, 9.17) is 9.90 Å². The minimum Gasteiger partial charge on any atom is -0.394 e. The van der Waals surface area contributed by atoms with Gasteiger partial charge < -0.3 is 9.90 Å². The molecule has 0 aliphatic rings. The first-order chi connectivity index (χ1) is 3.65. The Balaban J connectivity index is 0. The molecule has 0 atom stereocenters. The van der Waals surface area contributed by atoms with Crippen molar-refractivity contribution in [2.24, 2.45) is 0 Å². The van der Waals surface area contributed by atoms with Crippen molar-refractivity contribution in [3.63, 3.8) is 0 Å². The Morgan fingerprint density at radius 2 is 1.88 bits per heavy atom. The van der Waals surface area contributed by atoms with Gasteiger partial charge in [-0.05, 0) is 13.8 Å². The van der Waals surface area contributed by atoms with Gasteiger partial charge in [-0.25, -0.2) is 0 Å². The highest BCUT2D eigenvalue weighted by Gasteiger charge is 1.69. The number of aliphatic hydroxyl groups excluding tert-OH is 1. The summed E-state index contributed by atoms with van der Waals surface area (Å²) in [6, 6.07) is 0. The van der Waals surface area contributed by atoms with Crippen LogP contribution in [0.25, 0.3) is 0 Å². The smallest absolute Gasteiger partial charge is 0.130 e. The fraction of sp³-hybridized carbons (Fsp3) is 0.800. The van der Waals surface area contributed by atoms with E-state index in [1.165, 1.54) is 0 Å². The normalized spacial score (nSPS) is 7.62. The lowest BCUT2D eigenvalue weighted by Gasteiger charge is -1.80. The molecule has 0 fully saturated rings. The van der Waals surface area contributed by atoms with Crippen LogP contribution in [0.1, 0.15) is 13.8 Å². The van der Waals surface area contributed by atoms with E-state index in [-0.39, 0.29) is 6.10 Å². The van der Waals surface area contributed by atoms with Gasteiger partial charge >= 0.3 is 0 Å². The van der Waals surface area contributed by atoms with E-state index in [0.717, 1.165) is 6.29 Å². The maximum atomic E-state index is 9.13. The Hall–Kier alpha value is 0.110. The Labute approximate surface area is 58.0 Å². The van der Waals surface area contributed by atoms with Gasteiger partial charge in [0.1, 0.15) is 6.29 Å². The van der Waals surface area contributed by atoms with Gasteiger partial charge in [0.2, 0.25) is 0 Å². The molecular formula is C5H11BrO2. The second-order valence-electron chi connectivity index (χ2n) is 1.41. The van der Waals surface area contributed by atoms with Crippen molar-refractivity contribution in [2.45, 2.75) is 20.0 Å². The van der Waals surface area contributed by atoms with Crippen LogP contribution in [0.5, 0.6) is 0 Å². The molecule has 0 aliphatic carbocycles. The monoisotopic (exact) mass is 182 g/mol. The number of alkyl halides is 1. The molecule has 0 saturated heterocycles. The molecule has 0 saturated carbocycles. The number of hydrogen-bond acceptors (Lipinski definition) is 2. The van der Waals surface area contributed by atoms with Crippen LogP contribution in [0.4, 0.5) is 0 Å². The van der Waals surface area contributed by atoms with E-state index >= 15 is 0 Å². The van der Waals surface area contributed by atoms with Gasteiger partial charge in [0.25, 0.3) is 0 Å². The van der Waals surface area contributed by atoms with Crippen LogP contribution in [-0.4, -0.2) is 22.8 Å². The molecule has 0 heterocycles. The van der Waals surface area contributed by atoms with E-state index in [0.29, 0.717) is 5.33 Å². The lowest BCUT2D eigenvalue weighted by atomic mass is 10.5. The highest BCUT2D eigenvalue weighted by molar-refractivity contribution is 9.09. The molecule has 0 unspecified atom stereocenters. The average Bonchev–Trinajstić information content (AvgIpc) is 1.65. The Morgan fingerprint density at radius 1 is 1.75 bits per heavy atom. The van der Waals surface area contributed by atoms with Gasteiger partial charge in [-0.2, -0.15) is 0 Å². The molecule has 3 heteroatoms. The van der Waals surface area contributed by atoms with Crippen LogP contribution in [0, 0.1) is 0 Å². The zero-order valence-electron chi connectivity index (χ0n) is 5.10. The molecule has 0 aromatic heterocycles. The Bertz CT molecular complexity index is 42.9. The maximum absolute atomic E-state index is 9.13. The highest BCUT2D eigenvalue weighted by Crippen LogP contribution is 1.65. The molecule has 8 heavy (non-hydrogen) atoms. The number of halogens is 1. The molecular weight excluding hydrogens is 172 g/mol. The summed E-state index contributed by atoms with van der Waals surface area (Å²) in [6.07, 6.45) is 0.625. The van der Waals surface area contributed by atoms with E-state index in [1.54, 1.807) is 13.8 Å². The summed E-state index contributed by atoms with van der Waals surface area (Å²) in [5.74, 6) is 0. The summed E-state index contributed by atoms with van der Waals surface area (Å²) in [7, 11) is 0. The van der Waals surface area contributed by atoms with Crippen LogP contribution in [-0.2, 0) is 4.79 Å². The Morgan fingerprint density at radius 3 is 1.88 bits per heavy atom. The van der Waals surface area contributed by atoms with Crippen LogP contribution >= 0.6 is 15.9 Å². The summed E-state index contributed by atoms with van der Waals surface area (Å²) in [4.78, 5) is 9.13. The lowest BCUT2D eigenvalue weighted by Crippen LogP contribution is -1.85. The van der Waals surface area contributed by atoms with Gasteiger partial charge in [0.15, 0.2) is 0 Å². The second-order valence-corrected chi connectivity index (χ2v) is 2.06. The van der Waals surface area contributed by atoms with Crippen molar-refractivity contribution in [1.29, 1.82) is 0 Å².